The van der Waals surface area contributed by atoms with Crippen LogP contribution in [-0.2, 0) is 9.53 Å². The molecule has 1 saturated heterocycles. The molecule has 0 amide bonds. The molecule has 0 aromatic carbocycles. The fourth-order valence-electron chi connectivity index (χ4n) is 3.91. The number of carbonyl (C=O) groups excluding carboxylic acids is 1. The Labute approximate surface area is 151 Å². The number of aliphatic hydroxyl groups is 3. The predicted octanol–water partition coefficient (Wildman–Crippen LogP) is 2.72. The summed E-state index contributed by atoms with van der Waals surface area (Å²) in [6, 6.07) is 0. The average molecular weight is 354 g/mol. The summed E-state index contributed by atoms with van der Waals surface area (Å²) in [5, 5.41) is 31.9. The van der Waals surface area contributed by atoms with Crippen LogP contribution in [0.3, 0.4) is 0 Å². The Morgan fingerprint density at radius 3 is 2.52 bits per heavy atom. The molecule has 1 aliphatic heterocycles. The van der Waals surface area contributed by atoms with E-state index < -0.39 is 23.4 Å². The maximum Gasteiger partial charge on any atom is 0.309 e. The minimum absolute atomic E-state index is 0.0385. The Kier molecular flexibility index (Phi) is 6.34. The molecule has 144 valence electrons. The first kappa shape index (κ1) is 20.4. The Morgan fingerprint density at radius 1 is 1.16 bits per heavy atom. The van der Waals surface area contributed by atoms with Crippen LogP contribution < -0.4 is 0 Å². The lowest BCUT2D eigenvalue weighted by Crippen LogP contribution is -2.49. The molecule has 25 heavy (non-hydrogen) atoms. The monoisotopic (exact) mass is 354 g/mol. The summed E-state index contributed by atoms with van der Waals surface area (Å²) in [7, 11) is 0. The highest BCUT2D eigenvalue weighted by Gasteiger charge is 2.44. The molecular formula is C20H34O5. The Morgan fingerprint density at radius 2 is 1.84 bits per heavy atom. The van der Waals surface area contributed by atoms with E-state index in [2.05, 4.69) is 6.08 Å². The molecule has 0 aromatic heterocycles. The number of aliphatic hydroxyl groups excluding tert-OH is 1. The van der Waals surface area contributed by atoms with Gasteiger partial charge in [0.2, 0.25) is 0 Å². The molecule has 5 nitrogen and oxygen atoms in total. The molecule has 0 saturated carbocycles. The smallest absolute Gasteiger partial charge is 0.309 e. The maximum atomic E-state index is 12.3. The molecule has 2 bridgehead atoms. The fraction of sp³-hybridized carbons (Fsp3) is 0.850. The SMILES string of the molecule is C/C1=C\CC[C@@](C)(O)[C@@H]2CC(CC[C@](C)(O)[C@@H](O)CC1)[C@@H](C)C(=O)O2. The molecule has 6 atom stereocenters. The van der Waals surface area contributed by atoms with Crippen molar-refractivity contribution in [1.82, 2.24) is 0 Å². The molecule has 2 rings (SSSR count). The van der Waals surface area contributed by atoms with Crippen LogP contribution in [0.1, 0.15) is 72.6 Å². The maximum absolute atomic E-state index is 12.3. The second-order valence-corrected chi connectivity index (χ2v) is 8.61. The Balaban J connectivity index is 2.24. The number of esters is 1. The number of rotatable bonds is 0. The van der Waals surface area contributed by atoms with E-state index in [4.69, 9.17) is 4.74 Å². The van der Waals surface area contributed by atoms with E-state index in [0.29, 0.717) is 38.5 Å². The van der Waals surface area contributed by atoms with Crippen LogP contribution in [0.4, 0.5) is 0 Å². The Bertz CT molecular complexity index is 508. The van der Waals surface area contributed by atoms with E-state index in [-0.39, 0.29) is 17.8 Å². The molecule has 1 heterocycles. The first-order chi connectivity index (χ1) is 11.5. The topological polar surface area (TPSA) is 87.0 Å². The van der Waals surface area contributed by atoms with Crippen LogP contribution in [0.2, 0.25) is 0 Å². The summed E-state index contributed by atoms with van der Waals surface area (Å²) < 4.78 is 5.52. The van der Waals surface area contributed by atoms with E-state index >= 15 is 0 Å². The summed E-state index contributed by atoms with van der Waals surface area (Å²) in [5.41, 5.74) is -1.10. The van der Waals surface area contributed by atoms with E-state index in [0.717, 1.165) is 12.0 Å². The Hall–Kier alpha value is -0.910. The van der Waals surface area contributed by atoms with Gasteiger partial charge in [-0.25, -0.2) is 0 Å². The van der Waals surface area contributed by atoms with Crippen molar-refractivity contribution in [3.05, 3.63) is 11.6 Å². The van der Waals surface area contributed by atoms with Crippen LogP contribution >= 0.6 is 0 Å². The third-order valence-corrected chi connectivity index (χ3v) is 6.24. The van der Waals surface area contributed by atoms with Crippen LogP contribution in [0.25, 0.3) is 0 Å². The standard InChI is InChI=1S/C20H34O5/c1-13-6-5-10-20(4,24)17-12-15(14(2)18(22)25-17)9-11-19(3,23)16(21)8-7-13/h6,14-17,21,23-24H,5,7-12H2,1-4H3/b13-6+/t14-,15?,16+,17+,19+,20-/m1/s1. The highest BCUT2D eigenvalue weighted by atomic mass is 16.6. The van der Waals surface area contributed by atoms with Gasteiger partial charge in [-0.1, -0.05) is 18.6 Å². The number of allylic oxidation sites excluding steroid dienone is 2. The van der Waals surface area contributed by atoms with Crippen molar-refractivity contribution in [2.45, 2.75) is 96.1 Å². The van der Waals surface area contributed by atoms with Gasteiger partial charge in [0, 0.05) is 0 Å². The number of hydrogen-bond acceptors (Lipinski definition) is 5. The third kappa shape index (κ3) is 5.05. The van der Waals surface area contributed by atoms with Crippen LogP contribution in [0, 0.1) is 11.8 Å². The van der Waals surface area contributed by atoms with Gasteiger partial charge in [0.1, 0.15) is 6.10 Å². The van der Waals surface area contributed by atoms with E-state index in [9.17, 15) is 20.1 Å². The van der Waals surface area contributed by atoms with Crippen molar-refractivity contribution in [1.29, 1.82) is 0 Å². The predicted molar refractivity (Wildman–Crippen MR) is 95.9 cm³/mol. The number of hydrogen-bond donors (Lipinski definition) is 3. The molecule has 5 heteroatoms. The van der Waals surface area contributed by atoms with Gasteiger partial charge in [0.25, 0.3) is 0 Å². The second-order valence-electron chi connectivity index (χ2n) is 8.61. The van der Waals surface area contributed by atoms with Crippen molar-refractivity contribution >= 4 is 5.97 Å². The van der Waals surface area contributed by atoms with Crippen molar-refractivity contribution in [3.8, 4) is 0 Å². The van der Waals surface area contributed by atoms with Crippen molar-refractivity contribution in [2.75, 3.05) is 0 Å². The molecule has 2 aliphatic rings. The van der Waals surface area contributed by atoms with Crippen molar-refractivity contribution < 1.29 is 24.9 Å². The van der Waals surface area contributed by atoms with Gasteiger partial charge in [-0.05, 0) is 71.6 Å². The van der Waals surface area contributed by atoms with Crippen LogP contribution in [-0.4, -0.2) is 44.7 Å². The third-order valence-electron chi connectivity index (χ3n) is 6.24. The molecule has 0 radical (unpaired) electrons. The first-order valence-corrected chi connectivity index (χ1v) is 9.52. The lowest BCUT2D eigenvalue weighted by atomic mass is 9.75. The molecule has 1 fully saturated rings. The summed E-state index contributed by atoms with van der Waals surface area (Å²) in [4.78, 5) is 12.3. The largest absolute Gasteiger partial charge is 0.459 e. The lowest BCUT2D eigenvalue weighted by Gasteiger charge is -2.41. The zero-order chi connectivity index (χ0) is 18.8. The quantitative estimate of drug-likeness (QED) is 0.460. The minimum Gasteiger partial charge on any atom is -0.459 e. The van der Waals surface area contributed by atoms with Crippen LogP contribution in [0.5, 0.6) is 0 Å². The number of fused-ring (bicyclic) bond motifs is 2. The molecule has 1 unspecified atom stereocenters. The fourth-order valence-corrected chi connectivity index (χ4v) is 3.91. The van der Waals surface area contributed by atoms with E-state index in [1.165, 1.54) is 0 Å². The highest BCUT2D eigenvalue weighted by Crippen LogP contribution is 2.38. The summed E-state index contributed by atoms with van der Waals surface area (Å²) >= 11 is 0. The van der Waals surface area contributed by atoms with E-state index in [1.807, 2.05) is 13.8 Å². The summed E-state index contributed by atoms with van der Waals surface area (Å²) in [6.07, 6.45) is 4.85. The molecular weight excluding hydrogens is 320 g/mol. The lowest BCUT2D eigenvalue weighted by molar-refractivity contribution is -0.185. The van der Waals surface area contributed by atoms with Gasteiger partial charge >= 0.3 is 5.97 Å². The summed E-state index contributed by atoms with van der Waals surface area (Å²) in [5.74, 6) is -0.493. The van der Waals surface area contributed by atoms with Gasteiger partial charge in [-0.2, -0.15) is 0 Å². The zero-order valence-electron chi connectivity index (χ0n) is 16.0. The average Bonchev–Trinajstić information content (AvgIpc) is 2.52. The van der Waals surface area contributed by atoms with Crippen molar-refractivity contribution in [2.24, 2.45) is 11.8 Å². The second kappa shape index (κ2) is 7.77. The number of ether oxygens (including phenoxy) is 1. The molecule has 1 aliphatic carbocycles. The highest BCUT2D eigenvalue weighted by molar-refractivity contribution is 5.73. The van der Waals surface area contributed by atoms with Gasteiger partial charge in [-0.3, -0.25) is 4.79 Å². The van der Waals surface area contributed by atoms with E-state index in [1.54, 1.807) is 13.8 Å². The number of carbonyl (C=O) groups is 1. The van der Waals surface area contributed by atoms with Gasteiger partial charge in [0.15, 0.2) is 0 Å². The minimum atomic E-state index is -1.18. The molecule has 0 spiro atoms. The van der Waals surface area contributed by atoms with Gasteiger partial charge in [0.05, 0.1) is 23.2 Å². The zero-order valence-corrected chi connectivity index (χ0v) is 16.0. The van der Waals surface area contributed by atoms with Crippen molar-refractivity contribution in [3.63, 3.8) is 0 Å². The first-order valence-electron chi connectivity index (χ1n) is 9.52. The molecule has 3 N–H and O–H groups in total. The van der Waals surface area contributed by atoms with Crippen LogP contribution in [0.15, 0.2) is 11.6 Å². The molecule has 0 aromatic rings. The van der Waals surface area contributed by atoms with Gasteiger partial charge in [-0.15, -0.1) is 0 Å². The normalized spacial score (nSPS) is 46.5. The van der Waals surface area contributed by atoms with Gasteiger partial charge < -0.3 is 20.1 Å². The summed E-state index contributed by atoms with van der Waals surface area (Å²) in [6.45, 7) is 7.26.